The second-order valence-corrected chi connectivity index (χ2v) is 13.7. The zero-order chi connectivity index (χ0) is 31.3. The predicted molar refractivity (Wildman–Crippen MR) is 202 cm³/mol. The lowest BCUT2D eigenvalue weighted by atomic mass is 9.81. The average Bonchev–Trinajstić information content (AvgIpc) is 3.34. The third kappa shape index (κ3) is 3.70. The zero-order valence-corrected chi connectivity index (χ0v) is 26.5. The molecule has 0 radical (unpaired) electrons. The molecule has 47 heavy (non-hydrogen) atoms. The van der Waals surface area contributed by atoms with Crippen LogP contribution in [-0.2, 0) is 5.41 Å². The standard InChI is InChI=1S/C47H32/c1-47(2)43-24-23-32(27-40(43)41-25-29-13-3-4-14-30(29)28-44(41)47)45-36-19-9-11-21-38(36)46(39-22-12-10-20-37(39)45)42-26-31-15-5-6-16-33(31)34-17-7-8-18-35(34)42/h3-28H,1-2H3. The molecule has 0 saturated carbocycles. The molecule has 10 rings (SSSR count). The summed E-state index contributed by atoms with van der Waals surface area (Å²) in [6, 6.07) is 59.0. The molecule has 1 aliphatic carbocycles. The van der Waals surface area contributed by atoms with Crippen LogP contribution in [0.3, 0.4) is 0 Å². The van der Waals surface area contributed by atoms with Gasteiger partial charge >= 0.3 is 0 Å². The van der Waals surface area contributed by atoms with Gasteiger partial charge in [0.1, 0.15) is 0 Å². The van der Waals surface area contributed by atoms with Gasteiger partial charge < -0.3 is 0 Å². The maximum atomic E-state index is 2.47. The smallest absolute Gasteiger partial charge is 0.0159 e. The molecule has 9 aromatic rings. The Morgan fingerprint density at radius 2 is 0.787 bits per heavy atom. The molecule has 9 aromatic carbocycles. The summed E-state index contributed by atoms with van der Waals surface area (Å²) in [5.74, 6) is 0. The molecule has 0 unspecified atom stereocenters. The van der Waals surface area contributed by atoms with Crippen LogP contribution in [-0.4, -0.2) is 0 Å². The quantitative estimate of drug-likeness (QED) is 0.138. The predicted octanol–water partition coefficient (Wildman–Crippen LogP) is 13.1. The minimum absolute atomic E-state index is 0.0572. The van der Waals surface area contributed by atoms with Gasteiger partial charge in [0.2, 0.25) is 0 Å². The number of hydrogen-bond acceptors (Lipinski definition) is 0. The van der Waals surface area contributed by atoms with Crippen molar-refractivity contribution in [1.29, 1.82) is 0 Å². The Morgan fingerprint density at radius 1 is 0.319 bits per heavy atom. The van der Waals surface area contributed by atoms with Crippen molar-refractivity contribution in [3.05, 3.63) is 169 Å². The van der Waals surface area contributed by atoms with Crippen molar-refractivity contribution in [2.45, 2.75) is 19.3 Å². The molecular formula is C47H32. The van der Waals surface area contributed by atoms with E-state index in [0.717, 1.165) is 0 Å². The minimum Gasteiger partial charge on any atom is -0.0616 e. The maximum absolute atomic E-state index is 2.47. The van der Waals surface area contributed by atoms with E-state index in [0.29, 0.717) is 0 Å². The van der Waals surface area contributed by atoms with E-state index in [2.05, 4.69) is 172 Å². The van der Waals surface area contributed by atoms with Gasteiger partial charge in [0.25, 0.3) is 0 Å². The highest BCUT2D eigenvalue weighted by Crippen LogP contribution is 2.52. The van der Waals surface area contributed by atoms with E-state index in [1.54, 1.807) is 0 Å². The van der Waals surface area contributed by atoms with E-state index in [1.807, 2.05) is 0 Å². The molecule has 0 aromatic heterocycles. The largest absolute Gasteiger partial charge is 0.0616 e. The summed E-state index contributed by atoms with van der Waals surface area (Å²) in [6.45, 7) is 4.75. The van der Waals surface area contributed by atoms with E-state index < -0.39 is 0 Å². The van der Waals surface area contributed by atoms with Crippen molar-refractivity contribution in [2.24, 2.45) is 0 Å². The van der Waals surface area contributed by atoms with Crippen LogP contribution in [0.2, 0.25) is 0 Å². The number of rotatable bonds is 2. The van der Waals surface area contributed by atoms with E-state index in [1.165, 1.54) is 98.4 Å². The Labute approximate surface area is 274 Å². The normalized spacial score (nSPS) is 13.5. The molecule has 1 aliphatic rings. The SMILES string of the molecule is CC1(C)c2ccc(-c3c4ccccc4c(-c4cc5ccccc5c5ccccc45)c4ccccc34)cc2-c2cc3ccccc3cc21. The van der Waals surface area contributed by atoms with Crippen molar-refractivity contribution < 1.29 is 0 Å². The molecule has 0 spiro atoms. The van der Waals surface area contributed by atoms with Gasteiger partial charge in [0, 0.05) is 5.41 Å². The highest BCUT2D eigenvalue weighted by molar-refractivity contribution is 6.25. The van der Waals surface area contributed by atoms with Crippen LogP contribution in [0.4, 0.5) is 0 Å². The molecule has 0 saturated heterocycles. The van der Waals surface area contributed by atoms with E-state index in [4.69, 9.17) is 0 Å². The zero-order valence-electron chi connectivity index (χ0n) is 26.5. The van der Waals surface area contributed by atoms with Crippen LogP contribution in [0.15, 0.2) is 158 Å². The van der Waals surface area contributed by atoms with Gasteiger partial charge in [-0.25, -0.2) is 0 Å². The highest BCUT2D eigenvalue weighted by atomic mass is 14.4. The van der Waals surface area contributed by atoms with Crippen molar-refractivity contribution in [2.75, 3.05) is 0 Å². The lowest BCUT2D eigenvalue weighted by Crippen LogP contribution is -2.14. The van der Waals surface area contributed by atoms with Crippen LogP contribution in [0.25, 0.3) is 87.2 Å². The van der Waals surface area contributed by atoms with Crippen LogP contribution >= 0.6 is 0 Å². The first kappa shape index (κ1) is 26.5. The Kier molecular flexibility index (Phi) is 5.44. The molecule has 0 nitrogen and oxygen atoms in total. The second kappa shape index (κ2) is 9.64. The molecule has 0 atom stereocenters. The van der Waals surface area contributed by atoms with Crippen LogP contribution in [0.1, 0.15) is 25.0 Å². The van der Waals surface area contributed by atoms with Crippen molar-refractivity contribution in [1.82, 2.24) is 0 Å². The fourth-order valence-electron chi connectivity index (χ4n) is 8.58. The molecule has 0 heterocycles. The summed E-state index contributed by atoms with van der Waals surface area (Å²) in [5, 5.41) is 12.9. The first-order valence-corrected chi connectivity index (χ1v) is 16.6. The fraction of sp³-hybridized carbons (Fsp3) is 0.0638. The molecule has 0 aliphatic heterocycles. The molecule has 0 bridgehead atoms. The van der Waals surface area contributed by atoms with Crippen LogP contribution in [0.5, 0.6) is 0 Å². The van der Waals surface area contributed by atoms with Crippen molar-refractivity contribution >= 4 is 53.9 Å². The first-order chi connectivity index (χ1) is 23.1. The summed E-state index contributed by atoms with van der Waals surface area (Å²) in [4.78, 5) is 0. The van der Waals surface area contributed by atoms with Crippen molar-refractivity contribution in [3.8, 4) is 33.4 Å². The lowest BCUT2D eigenvalue weighted by Gasteiger charge is -2.22. The van der Waals surface area contributed by atoms with Gasteiger partial charge in [-0.1, -0.05) is 147 Å². The minimum atomic E-state index is -0.0572. The second-order valence-electron chi connectivity index (χ2n) is 13.7. The van der Waals surface area contributed by atoms with Gasteiger partial charge in [-0.3, -0.25) is 0 Å². The van der Waals surface area contributed by atoms with E-state index in [9.17, 15) is 0 Å². The monoisotopic (exact) mass is 596 g/mol. The molecule has 0 heteroatoms. The summed E-state index contributed by atoms with van der Waals surface area (Å²) in [7, 11) is 0. The molecule has 0 amide bonds. The van der Waals surface area contributed by atoms with Crippen LogP contribution < -0.4 is 0 Å². The number of benzene rings is 9. The Balaban J connectivity index is 1.29. The molecule has 0 N–H and O–H groups in total. The number of fused-ring (bicyclic) bond motifs is 9. The first-order valence-electron chi connectivity index (χ1n) is 16.6. The highest BCUT2D eigenvalue weighted by Gasteiger charge is 2.36. The fourth-order valence-corrected chi connectivity index (χ4v) is 8.58. The molecule has 220 valence electrons. The Morgan fingerprint density at radius 3 is 1.45 bits per heavy atom. The third-order valence-electron chi connectivity index (χ3n) is 10.8. The Hall–Kier alpha value is -5.72. The average molecular weight is 597 g/mol. The van der Waals surface area contributed by atoms with Gasteiger partial charge in [-0.15, -0.1) is 0 Å². The maximum Gasteiger partial charge on any atom is 0.0159 e. The van der Waals surface area contributed by atoms with Gasteiger partial charge in [0.15, 0.2) is 0 Å². The molecular weight excluding hydrogens is 565 g/mol. The van der Waals surface area contributed by atoms with Crippen LogP contribution in [0, 0.1) is 0 Å². The summed E-state index contributed by atoms with van der Waals surface area (Å²) < 4.78 is 0. The topological polar surface area (TPSA) is 0 Å². The number of hydrogen-bond donors (Lipinski definition) is 0. The summed E-state index contributed by atoms with van der Waals surface area (Å²) in [5.41, 5.74) is 10.6. The van der Waals surface area contributed by atoms with Crippen molar-refractivity contribution in [3.63, 3.8) is 0 Å². The van der Waals surface area contributed by atoms with Gasteiger partial charge in [-0.05, 0) is 123 Å². The Bertz CT molecular complexity index is 2700. The molecule has 0 fully saturated rings. The van der Waals surface area contributed by atoms with E-state index in [-0.39, 0.29) is 5.41 Å². The van der Waals surface area contributed by atoms with Gasteiger partial charge in [0.05, 0.1) is 0 Å². The summed E-state index contributed by atoms with van der Waals surface area (Å²) >= 11 is 0. The lowest BCUT2D eigenvalue weighted by molar-refractivity contribution is 0.661. The third-order valence-corrected chi connectivity index (χ3v) is 10.8. The summed E-state index contributed by atoms with van der Waals surface area (Å²) in [6.07, 6.45) is 0. The van der Waals surface area contributed by atoms with Gasteiger partial charge in [-0.2, -0.15) is 0 Å². The van der Waals surface area contributed by atoms with E-state index >= 15 is 0 Å².